The van der Waals surface area contributed by atoms with Crippen molar-refractivity contribution < 1.29 is 13.2 Å². The maximum atomic E-state index is 13.8. The van der Waals surface area contributed by atoms with Crippen LogP contribution in [0.25, 0.3) is 0 Å². The number of pyridine rings is 1. The second kappa shape index (κ2) is 5.40. The first-order valence-electron chi connectivity index (χ1n) is 5.77. The lowest BCUT2D eigenvalue weighted by Crippen LogP contribution is -2.21. The molecule has 0 bridgehead atoms. The Morgan fingerprint density at radius 2 is 1.79 bits per heavy atom. The van der Waals surface area contributed by atoms with Crippen LogP contribution >= 0.6 is 0 Å². The standard InChI is InChI=1S/C14H13F3N2/c1-8-5-6-19-7-10(8)14(18-2)9-3-4-11(15)13(17)12(9)16/h3-7,14,18H,1-2H3. The van der Waals surface area contributed by atoms with Crippen molar-refractivity contribution in [3.05, 3.63) is 64.7 Å². The molecule has 100 valence electrons. The van der Waals surface area contributed by atoms with Crippen LogP contribution in [-0.2, 0) is 0 Å². The monoisotopic (exact) mass is 266 g/mol. The predicted molar refractivity (Wildman–Crippen MR) is 66.2 cm³/mol. The molecule has 0 aliphatic heterocycles. The molecule has 0 fully saturated rings. The van der Waals surface area contributed by atoms with Gasteiger partial charge in [0.05, 0.1) is 6.04 Å². The molecule has 0 aliphatic rings. The Morgan fingerprint density at radius 1 is 1.05 bits per heavy atom. The van der Waals surface area contributed by atoms with Crippen LogP contribution in [-0.4, -0.2) is 12.0 Å². The van der Waals surface area contributed by atoms with E-state index in [0.717, 1.165) is 17.2 Å². The van der Waals surface area contributed by atoms with Crippen molar-refractivity contribution in [1.82, 2.24) is 10.3 Å². The zero-order valence-corrected chi connectivity index (χ0v) is 10.5. The minimum Gasteiger partial charge on any atom is -0.309 e. The van der Waals surface area contributed by atoms with E-state index >= 15 is 0 Å². The number of hydrogen-bond donors (Lipinski definition) is 1. The van der Waals surface area contributed by atoms with Crippen LogP contribution in [0.1, 0.15) is 22.7 Å². The van der Waals surface area contributed by atoms with Gasteiger partial charge in [-0.05, 0) is 37.2 Å². The van der Waals surface area contributed by atoms with E-state index in [1.807, 2.05) is 6.92 Å². The van der Waals surface area contributed by atoms with Crippen molar-refractivity contribution in [1.29, 1.82) is 0 Å². The average Bonchev–Trinajstić information content (AvgIpc) is 2.41. The molecule has 1 aromatic carbocycles. The normalized spacial score (nSPS) is 12.5. The molecular formula is C14H13F3N2. The molecular weight excluding hydrogens is 253 g/mol. The molecule has 2 aromatic rings. The maximum absolute atomic E-state index is 13.8. The van der Waals surface area contributed by atoms with Crippen molar-refractivity contribution in [2.75, 3.05) is 7.05 Å². The predicted octanol–water partition coefficient (Wildman–Crippen LogP) is 3.12. The maximum Gasteiger partial charge on any atom is 0.194 e. The molecule has 0 radical (unpaired) electrons. The van der Waals surface area contributed by atoms with Crippen LogP contribution in [0.5, 0.6) is 0 Å². The summed E-state index contributed by atoms with van der Waals surface area (Å²) in [7, 11) is 1.62. The van der Waals surface area contributed by atoms with E-state index in [2.05, 4.69) is 10.3 Å². The summed E-state index contributed by atoms with van der Waals surface area (Å²) in [6, 6.07) is 3.35. The van der Waals surface area contributed by atoms with Crippen LogP contribution in [0, 0.1) is 24.4 Å². The van der Waals surface area contributed by atoms with Crippen LogP contribution in [0.2, 0.25) is 0 Å². The summed E-state index contributed by atoms with van der Waals surface area (Å²) in [5.74, 6) is -3.83. The number of halogens is 3. The van der Waals surface area contributed by atoms with Crippen molar-refractivity contribution in [3.8, 4) is 0 Å². The molecule has 2 nitrogen and oxygen atoms in total. The minimum atomic E-state index is -1.46. The third-order valence-electron chi connectivity index (χ3n) is 3.06. The lowest BCUT2D eigenvalue weighted by atomic mass is 9.96. The van der Waals surface area contributed by atoms with Crippen LogP contribution < -0.4 is 5.32 Å². The number of nitrogens with zero attached hydrogens (tertiary/aromatic N) is 1. The number of rotatable bonds is 3. The first-order valence-corrected chi connectivity index (χ1v) is 5.77. The van der Waals surface area contributed by atoms with Crippen molar-refractivity contribution >= 4 is 0 Å². The molecule has 0 spiro atoms. The van der Waals surface area contributed by atoms with Gasteiger partial charge in [-0.3, -0.25) is 4.98 Å². The van der Waals surface area contributed by atoms with Gasteiger partial charge >= 0.3 is 0 Å². The first kappa shape index (κ1) is 13.5. The second-order valence-corrected chi connectivity index (χ2v) is 4.22. The van der Waals surface area contributed by atoms with Gasteiger partial charge in [0.25, 0.3) is 0 Å². The first-order chi connectivity index (χ1) is 9.06. The fourth-order valence-electron chi connectivity index (χ4n) is 2.02. The third-order valence-corrected chi connectivity index (χ3v) is 3.06. The van der Waals surface area contributed by atoms with Gasteiger partial charge in [0.2, 0.25) is 0 Å². The van der Waals surface area contributed by atoms with Crippen LogP contribution in [0.4, 0.5) is 13.2 Å². The Morgan fingerprint density at radius 3 is 2.42 bits per heavy atom. The molecule has 0 saturated heterocycles. The summed E-state index contributed by atoms with van der Waals surface area (Å²) in [4.78, 5) is 3.98. The summed E-state index contributed by atoms with van der Waals surface area (Å²) >= 11 is 0. The number of nitrogens with one attached hydrogen (secondary N) is 1. The highest BCUT2D eigenvalue weighted by Gasteiger charge is 2.22. The number of aryl methyl sites for hydroxylation is 1. The average molecular weight is 266 g/mol. The molecule has 2 rings (SSSR count). The molecule has 0 aliphatic carbocycles. The smallest absolute Gasteiger partial charge is 0.194 e. The molecule has 1 N–H and O–H groups in total. The summed E-state index contributed by atoms with van der Waals surface area (Å²) in [6.45, 7) is 1.85. The highest BCUT2D eigenvalue weighted by molar-refractivity contribution is 5.36. The SMILES string of the molecule is CNC(c1cnccc1C)c1ccc(F)c(F)c1F. The fraction of sp³-hybridized carbons (Fsp3) is 0.214. The van der Waals surface area contributed by atoms with Crippen molar-refractivity contribution in [2.24, 2.45) is 0 Å². The third kappa shape index (κ3) is 2.46. The van der Waals surface area contributed by atoms with Gasteiger partial charge in [-0.15, -0.1) is 0 Å². The Kier molecular flexibility index (Phi) is 3.85. The molecule has 1 atom stereocenters. The van der Waals surface area contributed by atoms with Gasteiger partial charge < -0.3 is 5.32 Å². The Hall–Kier alpha value is -1.88. The Bertz CT molecular complexity index is 599. The Balaban J connectivity index is 2.55. The van der Waals surface area contributed by atoms with Crippen molar-refractivity contribution in [2.45, 2.75) is 13.0 Å². The van der Waals surface area contributed by atoms with Gasteiger partial charge in [-0.25, -0.2) is 13.2 Å². The van der Waals surface area contributed by atoms with Crippen LogP contribution in [0.3, 0.4) is 0 Å². The molecule has 1 heterocycles. The molecule has 1 unspecified atom stereocenters. The highest BCUT2D eigenvalue weighted by atomic mass is 19.2. The van der Waals surface area contributed by atoms with Gasteiger partial charge in [0, 0.05) is 18.0 Å². The second-order valence-electron chi connectivity index (χ2n) is 4.22. The molecule has 0 amide bonds. The zero-order valence-electron chi connectivity index (χ0n) is 10.5. The minimum absolute atomic E-state index is 0.0532. The van der Waals surface area contributed by atoms with E-state index in [0.29, 0.717) is 0 Å². The molecule has 0 saturated carbocycles. The molecule has 1 aromatic heterocycles. The molecule has 5 heteroatoms. The lowest BCUT2D eigenvalue weighted by Gasteiger charge is -2.19. The largest absolute Gasteiger partial charge is 0.309 e. The van der Waals surface area contributed by atoms with Gasteiger partial charge in [-0.1, -0.05) is 6.07 Å². The van der Waals surface area contributed by atoms with E-state index in [1.165, 1.54) is 6.07 Å². The van der Waals surface area contributed by atoms with E-state index in [9.17, 15) is 13.2 Å². The zero-order chi connectivity index (χ0) is 14.0. The number of hydrogen-bond acceptors (Lipinski definition) is 2. The summed E-state index contributed by atoms with van der Waals surface area (Å²) in [5, 5.41) is 2.89. The lowest BCUT2D eigenvalue weighted by molar-refractivity contribution is 0.435. The van der Waals surface area contributed by atoms with E-state index < -0.39 is 23.5 Å². The number of aromatic nitrogens is 1. The van der Waals surface area contributed by atoms with Gasteiger partial charge in [-0.2, -0.15) is 0 Å². The highest BCUT2D eigenvalue weighted by Crippen LogP contribution is 2.27. The summed E-state index contributed by atoms with van der Waals surface area (Å²) < 4.78 is 40.1. The fourth-order valence-corrected chi connectivity index (χ4v) is 2.02. The van der Waals surface area contributed by atoms with Gasteiger partial charge in [0.15, 0.2) is 17.5 Å². The van der Waals surface area contributed by atoms with E-state index in [-0.39, 0.29) is 5.56 Å². The van der Waals surface area contributed by atoms with Crippen LogP contribution in [0.15, 0.2) is 30.6 Å². The van der Waals surface area contributed by atoms with E-state index in [4.69, 9.17) is 0 Å². The summed E-state index contributed by atoms with van der Waals surface area (Å²) in [5.41, 5.74) is 1.66. The Labute approximate surface area is 109 Å². The van der Waals surface area contributed by atoms with Gasteiger partial charge in [0.1, 0.15) is 0 Å². The number of benzene rings is 1. The van der Waals surface area contributed by atoms with Crippen molar-refractivity contribution in [3.63, 3.8) is 0 Å². The quantitative estimate of drug-likeness (QED) is 0.863. The topological polar surface area (TPSA) is 24.9 Å². The summed E-state index contributed by atoms with van der Waals surface area (Å²) in [6.07, 6.45) is 3.20. The molecule has 19 heavy (non-hydrogen) atoms. The van der Waals surface area contributed by atoms with E-state index in [1.54, 1.807) is 25.5 Å².